The first-order chi connectivity index (χ1) is 69.2. The maximum atomic E-state index is 11.4. The SMILES string of the molecule is C=C(C)C(=O)OCCCCCCCCCCCOCCOCCOCCOCCOCCOCCOCCOCCOCCOCCOCCOCCOCCOCCOCCOCCOCCOCCOCCOCCOCCOCCOCCOCCOCCOCCOCCOCCOCCOCCOCCOCCOCCOCCOCCOCCOCCOCCOCCOCCOC. The number of methoxy groups -OCH3 is 1. The number of esters is 1. The van der Waals surface area contributed by atoms with E-state index in [0.717, 1.165) is 25.9 Å². The summed E-state index contributed by atoms with van der Waals surface area (Å²) in [4.78, 5) is 11.4. The molecule has 0 heterocycles. The van der Waals surface area contributed by atoms with Crippen LogP contribution < -0.4 is 0 Å². The summed E-state index contributed by atoms with van der Waals surface area (Å²) in [5, 5.41) is 0. The molecule has 0 saturated heterocycles. The van der Waals surface area contributed by atoms with Crippen molar-refractivity contribution in [2.45, 2.75) is 64.7 Å². The Hall–Kier alpha value is -2.43. The van der Waals surface area contributed by atoms with E-state index in [9.17, 15) is 4.79 Å². The summed E-state index contributed by atoms with van der Waals surface area (Å²) < 4.78 is 232. The lowest BCUT2D eigenvalue weighted by Gasteiger charge is -2.09. The van der Waals surface area contributed by atoms with Crippen LogP contribution in [0.4, 0.5) is 0 Å². The van der Waals surface area contributed by atoms with Gasteiger partial charge in [-0.3, -0.25) is 0 Å². The number of carbonyl (C=O) groups excluding carboxylic acids is 1. The van der Waals surface area contributed by atoms with Gasteiger partial charge in [0.25, 0.3) is 0 Å². The van der Waals surface area contributed by atoms with E-state index in [1.54, 1.807) is 14.0 Å². The third-order valence-corrected chi connectivity index (χ3v) is 18.0. The van der Waals surface area contributed by atoms with Gasteiger partial charge in [0.1, 0.15) is 0 Å². The molecule has 43 nitrogen and oxygen atoms in total. The largest absolute Gasteiger partial charge is 0.462 e. The lowest BCUT2D eigenvalue weighted by Crippen LogP contribution is -2.16. The fraction of sp³-hybridized carbons (Fsp3) is 0.969. The van der Waals surface area contributed by atoms with Crippen LogP contribution >= 0.6 is 0 Å². The van der Waals surface area contributed by atoms with Crippen LogP contribution in [0.1, 0.15) is 64.7 Å². The minimum Gasteiger partial charge on any atom is -0.462 e. The number of hydrogen-bond donors (Lipinski definition) is 0. The summed E-state index contributed by atoms with van der Waals surface area (Å²) in [5.41, 5.74) is 0.455. The van der Waals surface area contributed by atoms with E-state index in [-0.39, 0.29) is 5.97 Å². The third-order valence-electron chi connectivity index (χ3n) is 18.0. The molecule has 0 spiro atoms. The average molecular weight is 2030 g/mol. The normalized spacial score (nSPS) is 11.8. The molecule has 0 aromatic carbocycles. The zero-order valence-electron chi connectivity index (χ0n) is 85.6. The highest BCUT2D eigenvalue weighted by molar-refractivity contribution is 5.86. The van der Waals surface area contributed by atoms with Crippen molar-refractivity contribution in [3.05, 3.63) is 12.2 Å². The maximum absolute atomic E-state index is 11.4. The Kier molecular flexibility index (Phi) is 129. The van der Waals surface area contributed by atoms with Gasteiger partial charge < -0.3 is 199 Å². The van der Waals surface area contributed by atoms with Crippen molar-refractivity contribution in [1.29, 1.82) is 0 Å². The Morgan fingerprint density at radius 2 is 0.201 bits per heavy atom. The van der Waals surface area contributed by atoms with Crippen LogP contribution in [0, 0.1) is 0 Å². The second kappa shape index (κ2) is 132. The summed E-state index contributed by atoms with van der Waals surface area (Å²) in [6.07, 6.45) is 10.4. The van der Waals surface area contributed by atoms with Gasteiger partial charge in [0.05, 0.1) is 535 Å². The molecule has 0 N–H and O–H groups in total. The van der Waals surface area contributed by atoms with Crippen LogP contribution in [0.15, 0.2) is 12.2 Å². The number of carbonyl (C=O) groups is 1. The molecule has 0 amide bonds. The molecule has 0 aliphatic heterocycles. The van der Waals surface area contributed by atoms with Gasteiger partial charge in [-0.2, -0.15) is 0 Å². The van der Waals surface area contributed by atoms with Crippen molar-refractivity contribution in [1.82, 2.24) is 0 Å². The van der Waals surface area contributed by atoms with Gasteiger partial charge in [-0.1, -0.05) is 51.5 Å². The Labute approximate surface area is 832 Å². The van der Waals surface area contributed by atoms with Crippen LogP contribution in [0.25, 0.3) is 0 Å². The van der Waals surface area contributed by atoms with E-state index in [4.69, 9.17) is 199 Å². The molecule has 0 atom stereocenters. The molecular weight excluding hydrogens is 1840 g/mol. The summed E-state index contributed by atoms with van der Waals surface area (Å²) in [7, 11) is 1.64. The summed E-state index contributed by atoms with van der Waals surface area (Å²) in [5.74, 6) is -0.294. The van der Waals surface area contributed by atoms with Gasteiger partial charge >= 0.3 is 5.97 Å². The number of hydrogen-bond acceptors (Lipinski definition) is 43. The molecule has 832 valence electrons. The molecule has 0 aromatic heterocycles. The first-order valence-electron chi connectivity index (χ1n) is 50.6. The molecule has 0 radical (unpaired) electrons. The van der Waals surface area contributed by atoms with E-state index in [1.165, 1.54) is 38.5 Å². The van der Waals surface area contributed by atoms with Gasteiger partial charge in [-0.15, -0.1) is 0 Å². The third kappa shape index (κ3) is 132. The van der Waals surface area contributed by atoms with Crippen LogP contribution in [0.2, 0.25) is 0 Å². The topological polar surface area (TPSA) is 405 Å². The Morgan fingerprint density at radius 1 is 0.122 bits per heavy atom. The van der Waals surface area contributed by atoms with Gasteiger partial charge in [-0.05, 0) is 19.8 Å². The molecule has 0 aromatic rings. The fourth-order valence-corrected chi connectivity index (χ4v) is 10.7. The Morgan fingerprint density at radius 3 is 0.295 bits per heavy atom. The van der Waals surface area contributed by atoms with E-state index < -0.39 is 0 Å². The number of unbranched alkanes of at least 4 members (excludes halogenated alkanes) is 8. The molecule has 0 saturated carbocycles. The van der Waals surface area contributed by atoms with Crippen LogP contribution in [0.3, 0.4) is 0 Å². The lowest BCUT2D eigenvalue weighted by molar-refractivity contribution is -0.139. The average Bonchev–Trinajstić information content (AvgIpc) is 1.01. The second-order valence-electron chi connectivity index (χ2n) is 29.6. The highest BCUT2D eigenvalue weighted by Gasteiger charge is 2.08. The van der Waals surface area contributed by atoms with Crippen molar-refractivity contribution in [3.63, 3.8) is 0 Å². The minimum absolute atomic E-state index is 0.294. The smallest absolute Gasteiger partial charge is 0.333 e. The van der Waals surface area contributed by atoms with Crippen molar-refractivity contribution in [2.24, 2.45) is 0 Å². The lowest BCUT2D eigenvalue weighted by atomic mass is 10.1. The first kappa shape index (κ1) is 137. The monoisotopic (exact) mass is 2030 g/mol. The number of rotatable bonds is 133. The molecule has 0 fully saturated rings. The van der Waals surface area contributed by atoms with Crippen molar-refractivity contribution >= 4 is 5.97 Å². The summed E-state index contributed by atoms with van der Waals surface area (Å²) in [6, 6.07) is 0. The zero-order valence-corrected chi connectivity index (χ0v) is 85.6. The van der Waals surface area contributed by atoms with Gasteiger partial charge in [0.2, 0.25) is 0 Å². The molecule has 0 rings (SSSR count). The summed E-state index contributed by atoms with van der Waals surface area (Å²) in [6.45, 7) is 45.7. The minimum atomic E-state index is -0.294. The van der Waals surface area contributed by atoms with E-state index in [1.807, 2.05) is 0 Å². The molecule has 139 heavy (non-hydrogen) atoms. The van der Waals surface area contributed by atoms with Crippen LogP contribution in [-0.2, 0) is 204 Å². The highest BCUT2D eigenvalue weighted by Crippen LogP contribution is 2.11. The van der Waals surface area contributed by atoms with Crippen molar-refractivity contribution in [3.8, 4) is 0 Å². The molecule has 0 unspecified atom stereocenters. The maximum Gasteiger partial charge on any atom is 0.333 e. The molecule has 0 bridgehead atoms. The molecular formula is C96H190O43. The fourth-order valence-electron chi connectivity index (χ4n) is 10.7. The van der Waals surface area contributed by atoms with Gasteiger partial charge in [0.15, 0.2) is 0 Å². The second-order valence-corrected chi connectivity index (χ2v) is 29.6. The van der Waals surface area contributed by atoms with Gasteiger partial charge in [0, 0.05) is 19.3 Å². The van der Waals surface area contributed by atoms with Gasteiger partial charge in [-0.25, -0.2) is 4.79 Å². The van der Waals surface area contributed by atoms with Crippen molar-refractivity contribution in [2.75, 3.05) is 549 Å². The first-order valence-corrected chi connectivity index (χ1v) is 50.6. The molecule has 0 aliphatic rings. The van der Waals surface area contributed by atoms with E-state index in [0.29, 0.717) is 541 Å². The Balaban J connectivity index is 3.11. The predicted octanol–water partition coefficient (Wildman–Crippen LogP) is 4.93. The molecule has 0 aliphatic carbocycles. The van der Waals surface area contributed by atoms with E-state index in [2.05, 4.69) is 6.58 Å². The van der Waals surface area contributed by atoms with Crippen molar-refractivity contribution < 1.29 is 204 Å². The van der Waals surface area contributed by atoms with Crippen LogP contribution in [-0.4, -0.2) is 555 Å². The highest BCUT2D eigenvalue weighted by atomic mass is 16.6. The van der Waals surface area contributed by atoms with Crippen LogP contribution in [0.5, 0.6) is 0 Å². The quantitative estimate of drug-likeness (QED) is 0.0442. The van der Waals surface area contributed by atoms with E-state index >= 15 is 0 Å². The number of ether oxygens (including phenoxy) is 42. The molecule has 43 heteroatoms. The predicted molar refractivity (Wildman–Crippen MR) is 512 cm³/mol. The zero-order chi connectivity index (χ0) is 99.2. The standard InChI is InChI=1S/C96H190O43/c1-95(2)96(97)139-14-12-10-8-6-4-5-7-9-11-13-99-17-18-101-21-22-103-25-26-105-29-30-107-33-34-109-37-38-111-41-42-113-45-46-115-49-50-117-53-54-119-57-58-121-61-62-123-65-66-125-69-70-127-73-74-129-77-78-131-81-82-133-85-86-135-89-90-137-93-94-138-92-91-136-88-87-134-84-83-132-80-79-130-76-75-128-72-71-126-68-67-124-64-63-122-60-59-120-56-55-118-52-51-116-48-47-114-44-43-112-40-39-110-36-35-108-32-31-106-28-27-104-24-23-102-20-19-100-16-15-98-3/h1,4-94H2,2-3H3. The summed E-state index contributed by atoms with van der Waals surface area (Å²) >= 11 is 0. The Bertz CT molecular complexity index is 2030.